The molecule has 0 saturated heterocycles. The van der Waals surface area contributed by atoms with E-state index in [4.69, 9.17) is 102 Å². The highest BCUT2D eigenvalue weighted by atomic mass is 35.5. The smallest absolute Gasteiger partial charge is 0.387 e. The molecule has 9 aromatic rings. The van der Waals surface area contributed by atoms with E-state index in [2.05, 4.69) is 57.3 Å². The number of ether oxygens (including phenoxy) is 9. The first-order valence-electron chi connectivity index (χ1n) is 41.9. The van der Waals surface area contributed by atoms with Gasteiger partial charge in [0.05, 0.1) is 63.7 Å². The molecule has 8 aliphatic heterocycles. The van der Waals surface area contributed by atoms with Gasteiger partial charge in [0.15, 0.2) is 11.5 Å². The van der Waals surface area contributed by atoms with Crippen molar-refractivity contribution in [1.82, 2.24) is 20.2 Å². The van der Waals surface area contributed by atoms with Gasteiger partial charge in [-0.05, 0) is 166 Å². The van der Waals surface area contributed by atoms with Crippen molar-refractivity contribution in [1.29, 1.82) is 0 Å². The molecular formula is C90H103ClF5N21O18. The number of para-hydroxylation sites is 1. The topological polar surface area (TPSA) is 540 Å². The average molecular weight is 1900 g/mol. The molecule has 8 amide bonds. The number of nitrogens with two attached hydrogens (primary N) is 8. The summed E-state index contributed by atoms with van der Waals surface area (Å²) < 4.78 is 114. The van der Waals surface area contributed by atoms with E-state index < -0.39 is 73.3 Å². The molecule has 0 bridgehead atoms. The van der Waals surface area contributed by atoms with Crippen molar-refractivity contribution in [3.05, 3.63) is 177 Å². The van der Waals surface area contributed by atoms with Crippen LogP contribution in [0.15, 0.2) is 120 Å². The fourth-order valence-corrected chi connectivity index (χ4v) is 14.3. The highest BCUT2D eigenvalue weighted by Crippen LogP contribution is 2.45. The number of aryl methyl sites for hydroxylation is 6. The van der Waals surface area contributed by atoms with Gasteiger partial charge < -0.3 is 133 Å². The Bertz CT molecular complexity index is 5960. The maximum atomic E-state index is 13.5. The summed E-state index contributed by atoms with van der Waals surface area (Å²) >= 11 is 5.89. The van der Waals surface area contributed by atoms with Crippen LogP contribution in [0.3, 0.4) is 0 Å². The molecule has 10 heterocycles. The van der Waals surface area contributed by atoms with Gasteiger partial charge in [0.1, 0.15) is 157 Å². The number of nitrogens with zero attached hydrogens (tertiary/aromatic N) is 11. The zero-order valence-electron chi connectivity index (χ0n) is 75.3. The number of fused-ring (bicyclic) bond motifs is 8. The minimum Gasteiger partial charge on any atom is -0.489 e. The van der Waals surface area contributed by atoms with Crippen LogP contribution in [0.2, 0.25) is 5.02 Å². The summed E-state index contributed by atoms with van der Waals surface area (Å²) in [5.74, 6) is 3.40. The van der Waals surface area contributed by atoms with Gasteiger partial charge in [-0.15, -0.1) is 10.2 Å². The Morgan fingerprint density at radius 1 is 0.452 bits per heavy atom. The highest BCUT2D eigenvalue weighted by molar-refractivity contribution is 6.34. The predicted molar refractivity (Wildman–Crippen MR) is 489 cm³/mol. The predicted octanol–water partition coefficient (Wildman–Crippen LogP) is 7.26. The highest BCUT2D eigenvalue weighted by Gasteiger charge is 2.36. The molecule has 1 fully saturated rings. The molecule has 0 spiro atoms. The third kappa shape index (κ3) is 25.0. The first-order chi connectivity index (χ1) is 64.0. The third-order valence-electron chi connectivity index (χ3n) is 21.8. The number of hydrogen-bond acceptors (Lipinski definition) is 30. The third-order valence-corrected chi connectivity index (χ3v) is 22.1. The summed E-state index contributed by atoms with van der Waals surface area (Å²) in [7, 11) is 9.81. The first-order valence-corrected chi connectivity index (χ1v) is 42.3. The standard InChI is InChI=1S/C14H16N4O3.C13H16N2O2.C12H13N3O2.2C11H12F2N2O3.C10H11FN2O2.C10H14N4O.C9H9ClN2O2/c1-7-4-12-11(18(3)14(19)10(15)6-20-12)5-9(7)13-17-16-8(2)21-13;1-15-11-5-4-9(8-2-3-8)6-12(11)17-7-10(14)13(15)16;1-7-4-11-10(5-9(7)14-2)15(3)12(16)8(13)6-17-11;1-15-8-4-6(18-11(12)13)2-3-9(8)17-5-7(14)10(15)16;1-15-8-3-2-6(18-11(12)13)4-9(8)17-5-7(14)10(15)16;1-5-2-6(11)9-8(3-5)15-4-7(12)10(14)13-9;1-6-12-5-9-8(13-6)4-3-7(11)10(15)14(9)2;10-5-2-1-3-7-8(5)12-9(13)6(11)4-14-7/h4-5,10H,6,15H2,1-3H3;4-6,8,10H,2-3,7,14H2,1H3;4-5,8H,6,13H2,1,3H3;2*2-4,7,11H,5,14H2,1H3;2-3,7H,4,12H2,1H3,(H,13,14);5,7H,3-4,11H2,1-2H3;1-3,6H,4,11H2,(H,12,13)/t2*10-;8-;4*7-;6-/m00000000/s1. The first kappa shape index (κ1) is 101. The summed E-state index contributed by atoms with van der Waals surface area (Å²) in [6, 6.07) is 24.3. The second-order valence-corrected chi connectivity index (χ2v) is 32.3. The number of likely N-dealkylation sites (N-methyl/N-ethyl adjacent to an activating group) is 6. The fraction of sp³-hybridized carbons (Fsp3) is 0.367. The van der Waals surface area contributed by atoms with Gasteiger partial charge >= 0.3 is 13.2 Å². The number of hydrogen-bond donors (Lipinski definition) is 10. The Hall–Kier alpha value is -14.2. The van der Waals surface area contributed by atoms with Crippen molar-refractivity contribution in [3.63, 3.8) is 0 Å². The Kier molecular flexibility index (Phi) is 33.5. The molecule has 9 aliphatic rings. The minimum atomic E-state index is -2.92. The van der Waals surface area contributed by atoms with Crippen molar-refractivity contribution < 1.29 is 107 Å². The van der Waals surface area contributed by atoms with Gasteiger partial charge in [-0.25, -0.2) is 19.2 Å². The molecule has 2 aromatic heterocycles. The number of rotatable bonds is 6. The van der Waals surface area contributed by atoms with E-state index in [-0.39, 0.29) is 111 Å². The Morgan fingerprint density at radius 2 is 0.889 bits per heavy atom. The molecule has 45 heteroatoms. The summed E-state index contributed by atoms with van der Waals surface area (Å²) in [6.07, 6.45) is 5.58. The lowest BCUT2D eigenvalue weighted by molar-refractivity contribution is -0.120. The molecule has 18 rings (SSSR count). The van der Waals surface area contributed by atoms with E-state index in [0.717, 1.165) is 57.3 Å². The van der Waals surface area contributed by atoms with E-state index in [1.165, 1.54) is 87.5 Å². The number of amides is 8. The summed E-state index contributed by atoms with van der Waals surface area (Å²) in [5, 5.41) is 13.3. The number of carbonyl (C=O) groups excluding carboxylic acids is 8. The molecule has 8 atom stereocenters. The van der Waals surface area contributed by atoms with Crippen LogP contribution < -0.4 is 129 Å². The maximum Gasteiger partial charge on any atom is 0.387 e. The second kappa shape index (κ2) is 44.6. The Balaban J connectivity index is 0.000000149. The van der Waals surface area contributed by atoms with Gasteiger partial charge in [-0.1, -0.05) is 23.7 Å². The lowest BCUT2D eigenvalue weighted by Gasteiger charge is -2.18. The van der Waals surface area contributed by atoms with Crippen LogP contribution in [-0.4, -0.2) is 218 Å². The van der Waals surface area contributed by atoms with Crippen LogP contribution in [0.4, 0.5) is 73.1 Å². The van der Waals surface area contributed by atoms with Crippen LogP contribution in [0.1, 0.15) is 64.8 Å². The zero-order valence-corrected chi connectivity index (χ0v) is 76.0. The molecule has 135 heavy (non-hydrogen) atoms. The second-order valence-electron chi connectivity index (χ2n) is 31.9. The number of halogens is 6. The van der Waals surface area contributed by atoms with Crippen LogP contribution >= 0.6 is 11.6 Å². The molecule has 718 valence electrons. The van der Waals surface area contributed by atoms with E-state index in [1.54, 1.807) is 101 Å². The van der Waals surface area contributed by atoms with E-state index in [1.807, 2.05) is 39.0 Å². The molecule has 7 aromatic carbocycles. The van der Waals surface area contributed by atoms with Crippen molar-refractivity contribution in [2.45, 2.75) is 128 Å². The van der Waals surface area contributed by atoms with Gasteiger partial charge in [0, 0.05) is 66.9 Å². The van der Waals surface area contributed by atoms with Crippen LogP contribution in [0.5, 0.6) is 51.7 Å². The van der Waals surface area contributed by atoms with Crippen LogP contribution in [0, 0.1) is 47.0 Å². The summed E-state index contributed by atoms with van der Waals surface area (Å²) in [4.78, 5) is 114. The van der Waals surface area contributed by atoms with Crippen LogP contribution in [-0.2, 0) is 44.8 Å². The van der Waals surface area contributed by atoms with Crippen molar-refractivity contribution in [2.75, 3.05) is 129 Å². The van der Waals surface area contributed by atoms with Gasteiger partial charge in [0.2, 0.25) is 59.0 Å². The molecular weight excluding hydrogens is 1790 g/mol. The maximum absolute atomic E-state index is 13.5. The lowest BCUT2D eigenvalue weighted by atomic mass is 10.1. The molecule has 0 unspecified atom stereocenters. The minimum absolute atomic E-state index is 0.00565. The number of nitrogens with one attached hydrogen (secondary N) is 2. The van der Waals surface area contributed by atoms with Crippen LogP contribution in [0.25, 0.3) is 16.3 Å². The normalized spacial score (nSPS) is 20.1. The number of anilines is 8. The van der Waals surface area contributed by atoms with E-state index >= 15 is 0 Å². The Labute approximate surface area is 776 Å². The molecule has 1 aliphatic carbocycles. The zero-order chi connectivity index (χ0) is 98.4. The van der Waals surface area contributed by atoms with Gasteiger partial charge in [0.25, 0.3) is 0 Å². The lowest BCUT2D eigenvalue weighted by Crippen LogP contribution is -2.43. The monoisotopic (exact) mass is 1900 g/mol. The number of aromatic nitrogens is 4. The van der Waals surface area contributed by atoms with E-state index in [9.17, 15) is 60.3 Å². The summed E-state index contributed by atoms with van der Waals surface area (Å²) in [5.41, 5.74) is 55.4. The number of carbonyl (C=O) groups is 8. The number of benzene rings is 7. The fourth-order valence-electron chi connectivity index (χ4n) is 14.0. The molecule has 18 N–H and O–H groups in total. The quantitative estimate of drug-likeness (QED) is 0.0578. The Morgan fingerprint density at radius 3 is 1.41 bits per heavy atom. The molecule has 1 saturated carbocycles. The largest absolute Gasteiger partial charge is 0.489 e. The van der Waals surface area contributed by atoms with Gasteiger partial charge in [-0.2, -0.15) is 17.6 Å². The van der Waals surface area contributed by atoms with Crippen molar-refractivity contribution in [3.8, 4) is 63.2 Å². The molecule has 0 radical (unpaired) electrons. The average Bonchev–Trinajstić information content (AvgIpc) is 1.66. The van der Waals surface area contributed by atoms with Crippen molar-refractivity contribution in [2.24, 2.45) is 45.9 Å². The molecule has 39 nitrogen and oxygen atoms in total. The summed E-state index contributed by atoms with van der Waals surface area (Å²) in [6.45, 7) is 11.2. The SMILES string of the molecule is CN1C(=O)[C@@H](N)COc2cc(C3CC3)ccc21.CN1C(=O)[C@@H](N)COc2cc(OC(F)F)ccc21.CN1C(=O)[C@@H](N)COc2ccc(OC(F)F)cc21.Cc1cc(F)c2c(c1)OC[C@H](N)C(=O)N2.Cc1ncc2c(n1)CC[C@H](N)C(=O)N2C.Cc1nnc(-c2cc3c(cc2C)OC[C@H](N)C(=O)N3C)o1.N[C@H]1COc2cccc(Cl)c2NC1=O.[C-]#[N+]c1cc2c(cc1C)OC[C@H](N)C(=O)N2C. The van der Waals surface area contributed by atoms with Gasteiger partial charge in [-0.3, -0.25) is 38.4 Å². The van der Waals surface area contributed by atoms with E-state index in [0.29, 0.717) is 92.0 Å². The van der Waals surface area contributed by atoms with Crippen molar-refractivity contribution >= 4 is 110 Å². The number of alkyl halides is 4.